The van der Waals surface area contributed by atoms with Crippen LogP contribution in [0.1, 0.15) is 24.6 Å². The molecule has 0 spiro atoms. The molecule has 3 aromatic heterocycles. The van der Waals surface area contributed by atoms with E-state index in [1.165, 1.54) is 36.0 Å². The lowest BCUT2D eigenvalue weighted by Crippen LogP contribution is -2.01. The largest absolute Gasteiger partial charge is 0.455 e. The predicted molar refractivity (Wildman–Crippen MR) is 89.6 cm³/mol. The van der Waals surface area contributed by atoms with Gasteiger partial charge in [-0.25, -0.2) is 13.8 Å². The van der Waals surface area contributed by atoms with Gasteiger partial charge in [-0.05, 0) is 25.2 Å². The molecular formula is C16H14F2N4O2S. The Hall–Kier alpha value is -2.68. The van der Waals surface area contributed by atoms with Gasteiger partial charge in [0.05, 0.1) is 23.0 Å². The van der Waals surface area contributed by atoms with Crippen molar-refractivity contribution in [1.82, 2.24) is 19.5 Å². The summed E-state index contributed by atoms with van der Waals surface area (Å²) in [5.41, 5.74) is 0.653. The number of rotatable bonds is 5. The van der Waals surface area contributed by atoms with Crippen LogP contribution in [0.5, 0.6) is 11.5 Å². The summed E-state index contributed by atoms with van der Waals surface area (Å²) in [5, 5.41) is 0. The highest BCUT2D eigenvalue weighted by atomic mass is 32.1. The van der Waals surface area contributed by atoms with Gasteiger partial charge in [0.15, 0.2) is 16.2 Å². The number of nitrogens with zero attached hydrogens (tertiary/aromatic N) is 3. The standard InChI is InChI=1S/C16H14F2N4O2S/c1-8(23)5-9-6-10(3-4-19-9)24-11-7-20-15-13(12(11)14(17)18)22(2)16(25)21-15/h3-4,6-7,14H,5H2,1-2H3,(H,20,21,25). The molecule has 0 aromatic carbocycles. The zero-order valence-electron chi connectivity index (χ0n) is 13.4. The van der Waals surface area contributed by atoms with E-state index in [9.17, 15) is 13.6 Å². The highest BCUT2D eigenvalue weighted by Gasteiger charge is 2.23. The lowest BCUT2D eigenvalue weighted by Gasteiger charge is -2.12. The van der Waals surface area contributed by atoms with Crippen LogP contribution >= 0.6 is 12.2 Å². The number of nitrogens with one attached hydrogen (secondary N) is 1. The maximum absolute atomic E-state index is 13.7. The predicted octanol–water partition coefficient (Wildman–Crippen LogP) is 3.89. The molecule has 25 heavy (non-hydrogen) atoms. The number of aromatic amines is 1. The number of halogens is 2. The van der Waals surface area contributed by atoms with E-state index in [1.54, 1.807) is 7.05 Å². The third kappa shape index (κ3) is 3.41. The number of alkyl halides is 2. The highest BCUT2D eigenvalue weighted by molar-refractivity contribution is 7.71. The topological polar surface area (TPSA) is 72.8 Å². The summed E-state index contributed by atoms with van der Waals surface area (Å²) in [6, 6.07) is 3.06. The summed E-state index contributed by atoms with van der Waals surface area (Å²) in [7, 11) is 1.58. The first kappa shape index (κ1) is 17.2. The van der Waals surface area contributed by atoms with Gasteiger partial charge in [0.1, 0.15) is 11.5 Å². The average Bonchev–Trinajstić information content (AvgIpc) is 2.82. The zero-order valence-corrected chi connectivity index (χ0v) is 14.2. The van der Waals surface area contributed by atoms with Gasteiger partial charge in [0.25, 0.3) is 6.43 Å². The summed E-state index contributed by atoms with van der Waals surface area (Å²) in [4.78, 5) is 22.1. The Labute approximate surface area is 146 Å². The molecule has 3 heterocycles. The molecule has 3 aromatic rings. The van der Waals surface area contributed by atoms with Crippen LogP contribution in [-0.4, -0.2) is 25.3 Å². The van der Waals surface area contributed by atoms with E-state index >= 15 is 0 Å². The minimum Gasteiger partial charge on any atom is -0.455 e. The van der Waals surface area contributed by atoms with Crippen LogP contribution in [0.2, 0.25) is 0 Å². The van der Waals surface area contributed by atoms with Crippen molar-refractivity contribution >= 4 is 29.2 Å². The van der Waals surface area contributed by atoms with Gasteiger partial charge in [-0.15, -0.1) is 0 Å². The molecule has 0 atom stereocenters. The Bertz CT molecular complexity index is 1010. The molecule has 0 saturated carbocycles. The van der Waals surface area contributed by atoms with Gasteiger partial charge in [-0.3, -0.25) is 9.78 Å². The molecule has 0 unspecified atom stereocenters. The molecule has 0 fully saturated rings. The monoisotopic (exact) mass is 364 g/mol. The molecule has 0 aliphatic carbocycles. The van der Waals surface area contributed by atoms with Crippen molar-refractivity contribution < 1.29 is 18.3 Å². The second kappa shape index (κ2) is 6.67. The van der Waals surface area contributed by atoms with Gasteiger partial charge < -0.3 is 14.3 Å². The molecule has 0 saturated heterocycles. The van der Waals surface area contributed by atoms with E-state index < -0.39 is 6.43 Å². The average molecular weight is 364 g/mol. The van der Waals surface area contributed by atoms with Crippen molar-refractivity contribution in [3.63, 3.8) is 0 Å². The number of carbonyl (C=O) groups is 1. The molecule has 0 aliphatic heterocycles. The van der Waals surface area contributed by atoms with Crippen LogP contribution in [-0.2, 0) is 18.3 Å². The quantitative estimate of drug-likeness (QED) is 0.696. The highest BCUT2D eigenvalue weighted by Crippen LogP contribution is 2.36. The van der Waals surface area contributed by atoms with E-state index in [0.29, 0.717) is 11.4 Å². The molecule has 0 aliphatic rings. The van der Waals surface area contributed by atoms with Crippen LogP contribution in [0.4, 0.5) is 8.78 Å². The zero-order chi connectivity index (χ0) is 18.1. The normalized spacial score (nSPS) is 11.2. The molecule has 0 bridgehead atoms. The minimum atomic E-state index is -2.78. The Balaban J connectivity index is 2.07. The molecule has 130 valence electrons. The van der Waals surface area contributed by atoms with Gasteiger partial charge >= 0.3 is 0 Å². The van der Waals surface area contributed by atoms with Gasteiger partial charge in [-0.2, -0.15) is 0 Å². The van der Waals surface area contributed by atoms with Crippen molar-refractivity contribution in [2.24, 2.45) is 7.05 Å². The smallest absolute Gasteiger partial charge is 0.269 e. The number of aromatic nitrogens is 4. The van der Waals surface area contributed by atoms with E-state index in [0.717, 1.165) is 0 Å². The van der Waals surface area contributed by atoms with Crippen LogP contribution in [0.25, 0.3) is 11.2 Å². The Kier molecular flexibility index (Phi) is 4.58. The molecule has 0 radical (unpaired) electrons. The number of carbonyl (C=O) groups excluding carboxylic acids is 1. The van der Waals surface area contributed by atoms with Crippen LogP contribution in [0, 0.1) is 4.77 Å². The van der Waals surface area contributed by atoms with Gasteiger partial charge in [0, 0.05) is 25.7 Å². The maximum atomic E-state index is 13.7. The number of Topliss-reactive ketones (excluding diaryl/α,β-unsaturated/α-hetero) is 1. The number of hydrogen-bond acceptors (Lipinski definition) is 5. The van der Waals surface area contributed by atoms with Gasteiger partial charge in [0.2, 0.25) is 0 Å². The van der Waals surface area contributed by atoms with Crippen molar-refractivity contribution in [1.29, 1.82) is 0 Å². The lowest BCUT2D eigenvalue weighted by molar-refractivity contribution is -0.116. The van der Waals surface area contributed by atoms with Gasteiger partial charge in [-0.1, -0.05) is 0 Å². The van der Waals surface area contributed by atoms with E-state index in [4.69, 9.17) is 17.0 Å². The first-order valence-electron chi connectivity index (χ1n) is 7.34. The number of pyridine rings is 2. The lowest BCUT2D eigenvalue weighted by atomic mass is 10.2. The minimum absolute atomic E-state index is 0.0571. The number of ketones is 1. The number of aryl methyl sites for hydroxylation is 1. The fourth-order valence-electron chi connectivity index (χ4n) is 2.51. The van der Waals surface area contributed by atoms with Crippen molar-refractivity contribution in [2.45, 2.75) is 19.8 Å². The molecule has 1 N–H and O–H groups in total. The Morgan fingerprint density at radius 3 is 2.88 bits per heavy atom. The molecule has 6 nitrogen and oxygen atoms in total. The third-order valence-electron chi connectivity index (χ3n) is 3.59. The number of hydrogen-bond donors (Lipinski definition) is 1. The fraction of sp³-hybridized carbons (Fsp3) is 0.250. The van der Waals surface area contributed by atoms with Crippen molar-refractivity contribution in [2.75, 3.05) is 0 Å². The van der Waals surface area contributed by atoms with E-state index in [1.807, 2.05) is 0 Å². The molecule has 0 amide bonds. The summed E-state index contributed by atoms with van der Waals surface area (Å²) < 4.78 is 34.7. The van der Waals surface area contributed by atoms with Crippen LogP contribution < -0.4 is 4.74 Å². The fourth-order valence-corrected chi connectivity index (χ4v) is 2.69. The second-order valence-electron chi connectivity index (χ2n) is 5.49. The second-order valence-corrected chi connectivity index (χ2v) is 5.87. The Morgan fingerprint density at radius 1 is 1.44 bits per heavy atom. The van der Waals surface area contributed by atoms with Crippen molar-refractivity contribution in [3.8, 4) is 11.5 Å². The summed E-state index contributed by atoms with van der Waals surface area (Å²) in [6.07, 6.45) is 0.0391. The number of imidazole rings is 1. The number of ether oxygens (including phenoxy) is 1. The summed E-state index contributed by atoms with van der Waals surface area (Å²) in [6.45, 7) is 1.44. The first-order chi connectivity index (χ1) is 11.9. The summed E-state index contributed by atoms with van der Waals surface area (Å²) in [5.74, 6) is 0.163. The first-order valence-corrected chi connectivity index (χ1v) is 7.75. The Morgan fingerprint density at radius 2 is 2.20 bits per heavy atom. The summed E-state index contributed by atoms with van der Waals surface area (Å²) >= 11 is 5.07. The van der Waals surface area contributed by atoms with Crippen LogP contribution in [0.3, 0.4) is 0 Å². The maximum Gasteiger partial charge on any atom is 0.269 e. The molecule has 9 heteroatoms. The van der Waals surface area contributed by atoms with E-state index in [-0.39, 0.29) is 39.5 Å². The molecule has 3 rings (SSSR count). The number of fused-ring (bicyclic) bond motifs is 1. The molecular weight excluding hydrogens is 350 g/mol. The van der Waals surface area contributed by atoms with Crippen molar-refractivity contribution in [3.05, 3.63) is 40.6 Å². The van der Waals surface area contributed by atoms with E-state index in [2.05, 4.69) is 15.0 Å². The van der Waals surface area contributed by atoms with Crippen LogP contribution in [0.15, 0.2) is 24.5 Å². The third-order valence-corrected chi connectivity index (χ3v) is 3.96. The number of H-pyrrole nitrogens is 1. The SMILES string of the molecule is CC(=O)Cc1cc(Oc2cnc3[nH]c(=S)n(C)c3c2C(F)F)ccn1.